The predicted octanol–water partition coefficient (Wildman–Crippen LogP) is 3.27. The molecule has 0 saturated carbocycles. The summed E-state index contributed by atoms with van der Waals surface area (Å²) in [4.78, 5) is 29.7. The maximum atomic E-state index is 13.4. The number of hydrogen-bond donors (Lipinski definition) is 3. The van der Waals surface area contributed by atoms with Crippen LogP contribution in [0, 0.1) is 0 Å². The van der Waals surface area contributed by atoms with E-state index in [1.807, 2.05) is 0 Å². The fraction of sp³-hybridized carbons (Fsp3) is 0.0476. The van der Waals surface area contributed by atoms with Gasteiger partial charge in [-0.2, -0.15) is 0 Å². The molecular formula is C21H16ClN3O4S. The Kier molecular flexibility index (Phi) is 5.19. The van der Waals surface area contributed by atoms with Crippen LogP contribution in [-0.2, 0) is 16.4 Å². The van der Waals surface area contributed by atoms with Gasteiger partial charge in [0.25, 0.3) is 5.91 Å². The van der Waals surface area contributed by atoms with Gasteiger partial charge in [-0.3, -0.25) is 9.59 Å². The third kappa shape index (κ3) is 3.74. The van der Waals surface area contributed by atoms with Gasteiger partial charge < -0.3 is 15.3 Å². The number of H-pyrrole nitrogens is 2. The van der Waals surface area contributed by atoms with Gasteiger partial charge in [0.05, 0.1) is 4.90 Å². The van der Waals surface area contributed by atoms with Crippen LogP contribution in [0.15, 0.2) is 81.4 Å². The summed E-state index contributed by atoms with van der Waals surface area (Å²) in [6, 6.07) is 15.6. The van der Waals surface area contributed by atoms with Gasteiger partial charge in [-0.15, -0.1) is 0 Å². The van der Waals surface area contributed by atoms with E-state index in [0.29, 0.717) is 21.5 Å². The normalized spacial score (nSPS) is 11.5. The average molecular weight is 442 g/mol. The van der Waals surface area contributed by atoms with Crippen LogP contribution in [0.3, 0.4) is 0 Å². The lowest BCUT2D eigenvalue weighted by molar-refractivity contribution is 0.0943. The molecule has 2 aromatic carbocycles. The van der Waals surface area contributed by atoms with Gasteiger partial charge in [0.2, 0.25) is 15.4 Å². The van der Waals surface area contributed by atoms with Crippen LogP contribution in [0.1, 0.15) is 16.1 Å². The van der Waals surface area contributed by atoms with Crippen molar-refractivity contribution < 1.29 is 13.2 Å². The first-order valence-electron chi connectivity index (χ1n) is 8.93. The highest BCUT2D eigenvalue weighted by molar-refractivity contribution is 7.91. The van der Waals surface area contributed by atoms with Crippen LogP contribution >= 0.6 is 11.6 Å². The van der Waals surface area contributed by atoms with Crippen molar-refractivity contribution in [2.45, 2.75) is 16.3 Å². The third-order valence-electron chi connectivity index (χ3n) is 4.55. The number of sulfone groups is 1. The fourth-order valence-corrected chi connectivity index (χ4v) is 4.96. The van der Waals surface area contributed by atoms with Crippen molar-refractivity contribution in [3.05, 3.63) is 93.5 Å². The Morgan fingerprint density at radius 3 is 2.53 bits per heavy atom. The summed E-state index contributed by atoms with van der Waals surface area (Å²) < 4.78 is 26.8. The van der Waals surface area contributed by atoms with Crippen molar-refractivity contribution in [3.63, 3.8) is 0 Å². The van der Waals surface area contributed by atoms with E-state index in [9.17, 15) is 18.0 Å². The molecular weight excluding hydrogens is 426 g/mol. The van der Waals surface area contributed by atoms with Crippen LogP contribution in [0.25, 0.3) is 10.9 Å². The van der Waals surface area contributed by atoms with E-state index in [4.69, 9.17) is 11.6 Å². The van der Waals surface area contributed by atoms with Crippen molar-refractivity contribution in [2.75, 3.05) is 0 Å². The zero-order chi connectivity index (χ0) is 21.3. The summed E-state index contributed by atoms with van der Waals surface area (Å²) in [5.41, 5.74) is 0.657. The molecule has 4 aromatic rings. The Labute approximate surface area is 176 Å². The zero-order valence-corrected chi connectivity index (χ0v) is 17.0. The molecule has 0 bridgehead atoms. The van der Waals surface area contributed by atoms with E-state index < -0.39 is 15.7 Å². The highest BCUT2D eigenvalue weighted by Crippen LogP contribution is 2.33. The summed E-state index contributed by atoms with van der Waals surface area (Å²) in [6.45, 7) is 0.0592. The number of carbonyl (C=O) groups excluding carboxylic acids is 1. The standard InChI is InChI=1S/C21H16ClN3O4S/c22-14-6-7-17-16(11-14)20(30(28,29)15-4-2-1-3-5-15)19(25-17)21(27)24-12-13-8-9-23-18(26)10-13/h1-11,25H,12H2,(H,23,26)(H,24,27). The molecule has 1 amide bonds. The molecule has 152 valence electrons. The minimum atomic E-state index is -4.01. The van der Waals surface area contributed by atoms with Gasteiger partial charge in [-0.05, 0) is 42.0 Å². The van der Waals surface area contributed by atoms with E-state index in [1.54, 1.807) is 36.4 Å². The Hall–Kier alpha value is -3.36. The molecule has 0 aliphatic rings. The van der Waals surface area contributed by atoms with Gasteiger partial charge in [-0.25, -0.2) is 8.42 Å². The highest BCUT2D eigenvalue weighted by Gasteiger charge is 2.29. The number of aromatic amines is 2. The fourth-order valence-electron chi connectivity index (χ4n) is 3.17. The van der Waals surface area contributed by atoms with Crippen LogP contribution in [0.4, 0.5) is 0 Å². The van der Waals surface area contributed by atoms with E-state index in [0.717, 1.165) is 0 Å². The van der Waals surface area contributed by atoms with Crippen LogP contribution in [0.2, 0.25) is 5.02 Å². The smallest absolute Gasteiger partial charge is 0.269 e. The second kappa shape index (κ2) is 7.81. The van der Waals surface area contributed by atoms with E-state index in [-0.39, 0.29) is 27.6 Å². The summed E-state index contributed by atoms with van der Waals surface area (Å²) >= 11 is 6.09. The van der Waals surface area contributed by atoms with Gasteiger partial charge in [0.15, 0.2) is 0 Å². The number of carbonyl (C=O) groups is 1. The SMILES string of the molecule is O=C(NCc1cc[nH]c(=O)c1)c1[nH]c2ccc(Cl)cc2c1S(=O)(=O)c1ccccc1. The van der Waals surface area contributed by atoms with Gasteiger partial charge >= 0.3 is 0 Å². The molecule has 2 heterocycles. The van der Waals surface area contributed by atoms with Gasteiger partial charge in [0, 0.05) is 34.7 Å². The molecule has 4 rings (SSSR count). The Morgan fingerprint density at radius 2 is 1.80 bits per heavy atom. The summed E-state index contributed by atoms with van der Waals surface area (Å²) in [5.74, 6) is -0.614. The monoisotopic (exact) mass is 441 g/mol. The first-order chi connectivity index (χ1) is 14.4. The number of rotatable bonds is 5. The Bertz CT molecular complexity index is 1410. The maximum absolute atomic E-state index is 13.4. The molecule has 0 atom stereocenters. The van der Waals surface area contributed by atoms with Gasteiger partial charge in [-0.1, -0.05) is 29.8 Å². The van der Waals surface area contributed by atoms with Crippen molar-refractivity contribution in [1.82, 2.24) is 15.3 Å². The van der Waals surface area contributed by atoms with E-state index >= 15 is 0 Å². The third-order valence-corrected chi connectivity index (χ3v) is 6.64. The molecule has 0 saturated heterocycles. The average Bonchev–Trinajstić information content (AvgIpc) is 3.12. The zero-order valence-electron chi connectivity index (χ0n) is 15.5. The summed E-state index contributed by atoms with van der Waals surface area (Å²) in [6.07, 6.45) is 1.47. The minimum absolute atomic E-state index is 0.0592. The first-order valence-corrected chi connectivity index (χ1v) is 10.8. The molecule has 0 fully saturated rings. The van der Waals surface area contributed by atoms with Crippen molar-refractivity contribution in [2.24, 2.45) is 0 Å². The Morgan fingerprint density at radius 1 is 1.03 bits per heavy atom. The van der Waals surface area contributed by atoms with Gasteiger partial charge in [0.1, 0.15) is 10.6 Å². The molecule has 0 radical (unpaired) electrons. The van der Waals surface area contributed by atoms with Crippen LogP contribution in [0.5, 0.6) is 0 Å². The van der Waals surface area contributed by atoms with E-state index in [2.05, 4.69) is 15.3 Å². The molecule has 0 aliphatic heterocycles. The molecule has 0 aliphatic carbocycles. The summed E-state index contributed by atoms with van der Waals surface area (Å²) in [5, 5.41) is 3.34. The van der Waals surface area contributed by atoms with Crippen LogP contribution < -0.4 is 10.9 Å². The van der Waals surface area contributed by atoms with E-state index in [1.165, 1.54) is 30.5 Å². The number of nitrogens with one attached hydrogen (secondary N) is 3. The largest absolute Gasteiger partial charge is 0.349 e. The molecule has 3 N–H and O–H groups in total. The molecule has 7 nitrogen and oxygen atoms in total. The number of benzene rings is 2. The summed E-state index contributed by atoms with van der Waals surface area (Å²) in [7, 11) is -4.01. The number of amides is 1. The molecule has 2 aromatic heterocycles. The van der Waals surface area contributed by atoms with Crippen molar-refractivity contribution >= 4 is 38.2 Å². The van der Waals surface area contributed by atoms with Crippen molar-refractivity contribution in [3.8, 4) is 0 Å². The predicted molar refractivity (Wildman–Crippen MR) is 113 cm³/mol. The lowest BCUT2D eigenvalue weighted by atomic mass is 10.2. The molecule has 0 spiro atoms. The maximum Gasteiger partial charge on any atom is 0.269 e. The second-order valence-electron chi connectivity index (χ2n) is 6.58. The number of fused-ring (bicyclic) bond motifs is 1. The van der Waals surface area contributed by atoms with Crippen LogP contribution in [-0.4, -0.2) is 24.3 Å². The molecule has 0 unspecified atom stereocenters. The second-order valence-corrected chi connectivity index (χ2v) is 8.90. The number of halogens is 1. The Balaban J connectivity index is 1.81. The number of aromatic nitrogens is 2. The quantitative estimate of drug-likeness (QED) is 0.441. The lowest BCUT2D eigenvalue weighted by Crippen LogP contribution is -2.25. The topological polar surface area (TPSA) is 112 Å². The first kappa shape index (κ1) is 19.9. The number of hydrogen-bond acceptors (Lipinski definition) is 4. The molecule has 30 heavy (non-hydrogen) atoms. The minimum Gasteiger partial charge on any atom is -0.349 e. The highest BCUT2D eigenvalue weighted by atomic mass is 35.5. The lowest BCUT2D eigenvalue weighted by Gasteiger charge is -2.08. The molecule has 9 heteroatoms. The van der Waals surface area contributed by atoms with Crippen molar-refractivity contribution in [1.29, 1.82) is 0 Å². The number of pyridine rings is 1.